The topological polar surface area (TPSA) is 39.1 Å². The molecule has 0 atom stereocenters. The summed E-state index contributed by atoms with van der Waals surface area (Å²) in [7, 11) is 1.67. The highest BCUT2D eigenvalue weighted by Gasteiger charge is 2.03. The van der Waals surface area contributed by atoms with E-state index in [9.17, 15) is 4.39 Å². The number of hydrogen-bond donors (Lipinski definition) is 1. The van der Waals surface area contributed by atoms with Gasteiger partial charge in [0, 0.05) is 32.0 Å². The van der Waals surface area contributed by atoms with Gasteiger partial charge in [-0.3, -0.25) is 4.68 Å². The highest BCUT2D eigenvalue weighted by Crippen LogP contribution is 2.08. The van der Waals surface area contributed by atoms with Crippen LogP contribution in [0.1, 0.15) is 11.3 Å². The van der Waals surface area contributed by atoms with Crippen LogP contribution < -0.4 is 5.32 Å². The first-order valence-corrected chi connectivity index (χ1v) is 6.25. The molecule has 0 aliphatic heterocycles. The summed E-state index contributed by atoms with van der Waals surface area (Å²) >= 11 is 0. The SMILES string of the molecule is COCCNCc1ccn(Cc2ccccc2F)n1. The Morgan fingerprint density at radius 2 is 2.16 bits per heavy atom. The molecule has 0 amide bonds. The largest absolute Gasteiger partial charge is 0.383 e. The molecule has 0 spiro atoms. The lowest BCUT2D eigenvalue weighted by Gasteiger charge is -2.03. The van der Waals surface area contributed by atoms with E-state index in [1.165, 1.54) is 6.07 Å². The standard InChI is InChI=1S/C14H18FN3O/c1-19-9-7-16-10-13-6-8-18(17-13)11-12-4-2-3-5-14(12)15/h2-6,8,16H,7,9-11H2,1H3. The van der Waals surface area contributed by atoms with E-state index in [1.807, 2.05) is 18.3 Å². The summed E-state index contributed by atoms with van der Waals surface area (Å²) in [6.45, 7) is 2.60. The van der Waals surface area contributed by atoms with E-state index >= 15 is 0 Å². The molecule has 0 saturated carbocycles. The van der Waals surface area contributed by atoms with Crippen molar-refractivity contribution in [3.05, 3.63) is 53.6 Å². The first kappa shape index (κ1) is 13.7. The number of benzene rings is 1. The number of halogens is 1. The molecular weight excluding hydrogens is 245 g/mol. The zero-order valence-corrected chi connectivity index (χ0v) is 11.0. The van der Waals surface area contributed by atoms with Crippen molar-refractivity contribution in [2.45, 2.75) is 13.1 Å². The van der Waals surface area contributed by atoms with Crippen LogP contribution in [0.2, 0.25) is 0 Å². The molecule has 4 nitrogen and oxygen atoms in total. The number of ether oxygens (including phenoxy) is 1. The summed E-state index contributed by atoms with van der Waals surface area (Å²) in [5.41, 5.74) is 1.58. The molecule has 1 aromatic carbocycles. The third-order valence-electron chi connectivity index (χ3n) is 2.78. The predicted molar refractivity (Wildman–Crippen MR) is 71.3 cm³/mol. The van der Waals surface area contributed by atoms with E-state index in [0.717, 1.165) is 12.2 Å². The number of rotatable bonds is 7. The molecule has 0 aliphatic carbocycles. The predicted octanol–water partition coefficient (Wildman–Crippen LogP) is 1.81. The van der Waals surface area contributed by atoms with E-state index < -0.39 is 0 Å². The Bertz CT molecular complexity index is 513. The van der Waals surface area contributed by atoms with Crippen LogP contribution in [0.15, 0.2) is 36.5 Å². The van der Waals surface area contributed by atoms with Gasteiger partial charge in [0.2, 0.25) is 0 Å². The Balaban J connectivity index is 1.89. The van der Waals surface area contributed by atoms with Gasteiger partial charge < -0.3 is 10.1 Å². The van der Waals surface area contributed by atoms with Gasteiger partial charge in [0.05, 0.1) is 18.8 Å². The Labute approximate surface area is 112 Å². The minimum absolute atomic E-state index is 0.197. The highest BCUT2D eigenvalue weighted by molar-refractivity contribution is 5.17. The van der Waals surface area contributed by atoms with Gasteiger partial charge in [0.15, 0.2) is 0 Å². The first-order chi connectivity index (χ1) is 9.29. The zero-order valence-electron chi connectivity index (χ0n) is 11.0. The second kappa shape index (κ2) is 7.01. The van der Waals surface area contributed by atoms with Gasteiger partial charge >= 0.3 is 0 Å². The number of hydrogen-bond acceptors (Lipinski definition) is 3. The fourth-order valence-electron chi connectivity index (χ4n) is 1.78. The van der Waals surface area contributed by atoms with Crippen LogP contribution in [-0.4, -0.2) is 30.0 Å². The molecule has 1 N–H and O–H groups in total. The van der Waals surface area contributed by atoms with Gasteiger partial charge in [-0.25, -0.2) is 4.39 Å². The maximum absolute atomic E-state index is 13.5. The third kappa shape index (κ3) is 4.15. The van der Waals surface area contributed by atoms with E-state index in [2.05, 4.69) is 10.4 Å². The van der Waals surface area contributed by atoms with E-state index in [1.54, 1.807) is 23.9 Å². The van der Waals surface area contributed by atoms with Crippen molar-refractivity contribution in [2.75, 3.05) is 20.3 Å². The molecule has 0 radical (unpaired) electrons. The Morgan fingerprint density at radius 1 is 1.32 bits per heavy atom. The molecule has 0 aliphatic rings. The van der Waals surface area contributed by atoms with Crippen LogP contribution in [0.25, 0.3) is 0 Å². The van der Waals surface area contributed by atoms with Crippen LogP contribution in [0.3, 0.4) is 0 Å². The molecule has 1 aromatic heterocycles. The summed E-state index contributed by atoms with van der Waals surface area (Å²) < 4.78 is 20.2. The molecule has 0 bridgehead atoms. The number of nitrogens with zero attached hydrogens (tertiary/aromatic N) is 2. The first-order valence-electron chi connectivity index (χ1n) is 6.25. The molecule has 5 heteroatoms. The summed E-state index contributed by atoms with van der Waals surface area (Å²) in [6, 6.07) is 8.68. The Kier molecular flexibility index (Phi) is 5.06. The lowest BCUT2D eigenvalue weighted by molar-refractivity contribution is 0.199. The molecule has 0 fully saturated rings. The molecule has 2 aromatic rings. The molecular formula is C14H18FN3O. The fourth-order valence-corrected chi connectivity index (χ4v) is 1.78. The Hall–Kier alpha value is -1.72. The molecule has 102 valence electrons. The summed E-state index contributed by atoms with van der Waals surface area (Å²) in [5, 5.41) is 7.61. The van der Waals surface area contributed by atoms with Crippen molar-refractivity contribution >= 4 is 0 Å². The monoisotopic (exact) mass is 263 g/mol. The average molecular weight is 263 g/mol. The maximum Gasteiger partial charge on any atom is 0.128 e. The van der Waals surface area contributed by atoms with Crippen molar-refractivity contribution in [1.29, 1.82) is 0 Å². The van der Waals surface area contributed by atoms with Gasteiger partial charge in [-0.1, -0.05) is 18.2 Å². The van der Waals surface area contributed by atoms with Gasteiger partial charge in [0.25, 0.3) is 0 Å². The lowest BCUT2D eigenvalue weighted by Crippen LogP contribution is -2.19. The Morgan fingerprint density at radius 3 is 2.95 bits per heavy atom. The van der Waals surface area contributed by atoms with Crippen LogP contribution in [0.4, 0.5) is 4.39 Å². The lowest BCUT2D eigenvalue weighted by atomic mass is 10.2. The summed E-state index contributed by atoms with van der Waals surface area (Å²) in [6.07, 6.45) is 1.86. The van der Waals surface area contributed by atoms with E-state index in [0.29, 0.717) is 25.3 Å². The summed E-state index contributed by atoms with van der Waals surface area (Å²) in [5.74, 6) is -0.197. The molecule has 1 heterocycles. The van der Waals surface area contributed by atoms with Crippen molar-refractivity contribution in [1.82, 2.24) is 15.1 Å². The quantitative estimate of drug-likeness (QED) is 0.774. The fraction of sp³-hybridized carbons (Fsp3) is 0.357. The van der Waals surface area contributed by atoms with E-state index in [-0.39, 0.29) is 5.82 Å². The van der Waals surface area contributed by atoms with Crippen LogP contribution in [-0.2, 0) is 17.8 Å². The van der Waals surface area contributed by atoms with Crippen molar-refractivity contribution < 1.29 is 9.13 Å². The van der Waals surface area contributed by atoms with Crippen molar-refractivity contribution in [3.8, 4) is 0 Å². The molecule has 0 unspecified atom stereocenters. The van der Waals surface area contributed by atoms with E-state index in [4.69, 9.17) is 4.74 Å². The zero-order chi connectivity index (χ0) is 13.5. The second-order valence-electron chi connectivity index (χ2n) is 4.27. The smallest absolute Gasteiger partial charge is 0.128 e. The second-order valence-corrected chi connectivity index (χ2v) is 4.27. The number of methoxy groups -OCH3 is 1. The van der Waals surface area contributed by atoms with Gasteiger partial charge in [-0.2, -0.15) is 5.10 Å². The minimum atomic E-state index is -0.197. The highest BCUT2D eigenvalue weighted by atomic mass is 19.1. The molecule has 19 heavy (non-hydrogen) atoms. The summed E-state index contributed by atoms with van der Waals surface area (Å²) in [4.78, 5) is 0. The number of nitrogens with one attached hydrogen (secondary N) is 1. The van der Waals surface area contributed by atoms with Gasteiger partial charge in [-0.05, 0) is 12.1 Å². The van der Waals surface area contributed by atoms with Gasteiger partial charge in [-0.15, -0.1) is 0 Å². The maximum atomic E-state index is 13.5. The average Bonchev–Trinajstić information content (AvgIpc) is 2.85. The minimum Gasteiger partial charge on any atom is -0.383 e. The molecule has 0 saturated heterocycles. The normalized spacial score (nSPS) is 10.8. The van der Waals surface area contributed by atoms with Crippen LogP contribution in [0, 0.1) is 5.82 Å². The third-order valence-corrected chi connectivity index (χ3v) is 2.78. The van der Waals surface area contributed by atoms with Gasteiger partial charge in [0.1, 0.15) is 5.82 Å². The molecule has 2 rings (SSSR count). The van der Waals surface area contributed by atoms with Crippen LogP contribution in [0.5, 0.6) is 0 Å². The van der Waals surface area contributed by atoms with Crippen LogP contribution >= 0.6 is 0 Å². The van der Waals surface area contributed by atoms with Crippen molar-refractivity contribution in [2.24, 2.45) is 0 Å². The number of aromatic nitrogens is 2. The van der Waals surface area contributed by atoms with Crippen molar-refractivity contribution in [3.63, 3.8) is 0 Å².